The lowest BCUT2D eigenvalue weighted by molar-refractivity contribution is 0.0377. The van der Waals surface area contributed by atoms with Gasteiger partial charge in [0, 0.05) is 18.8 Å². The molecular formula is C21H26N2O4S. The van der Waals surface area contributed by atoms with Crippen LogP contribution >= 0.6 is 0 Å². The topological polar surface area (TPSA) is 75.7 Å². The minimum Gasteiger partial charge on any atom is -0.459 e. The second-order valence-corrected chi connectivity index (χ2v) is 8.95. The van der Waals surface area contributed by atoms with E-state index in [0.717, 1.165) is 31.5 Å². The lowest BCUT2D eigenvalue weighted by Crippen LogP contribution is -2.23. The van der Waals surface area contributed by atoms with Crippen LogP contribution < -0.4 is 9.62 Å². The van der Waals surface area contributed by atoms with Crippen molar-refractivity contribution in [2.45, 2.75) is 44.6 Å². The van der Waals surface area contributed by atoms with E-state index in [4.69, 9.17) is 4.74 Å². The molecule has 150 valence electrons. The van der Waals surface area contributed by atoms with Crippen molar-refractivity contribution in [3.8, 4) is 0 Å². The number of sulfonamides is 1. The Bertz CT molecular complexity index is 947. The molecule has 1 N–H and O–H groups in total. The third-order valence-electron chi connectivity index (χ3n) is 4.58. The Kier molecular flexibility index (Phi) is 5.93. The molecule has 0 atom stereocenters. The van der Waals surface area contributed by atoms with E-state index < -0.39 is 16.0 Å². The number of esters is 1. The molecule has 7 heteroatoms. The van der Waals surface area contributed by atoms with Gasteiger partial charge in [-0.05, 0) is 63.9 Å². The average molecular weight is 403 g/mol. The number of nitrogens with zero attached hydrogens (tertiary/aromatic N) is 1. The van der Waals surface area contributed by atoms with Crippen LogP contribution in [0.5, 0.6) is 0 Å². The molecule has 1 fully saturated rings. The molecule has 0 bridgehead atoms. The van der Waals surface area contributed by atoms with Crippen LogP contribution in [-0.2, 0) is 14.8 Å². The van der Waals surface area contributed by atoms with Gasteiger partial charge in [0.1, 0.15) is 4.90 Å². The van der Waals surface area contributed by atoms with Crippen molar-refractivity contribution in [2.24, 2.45) is 0 Å². The summed E-state index contributed by atoms with van der Waals surface area (Å²) in [6, 6.07) is 11.9. The van der Waals surface area contributed by atoms with Gasteiger partial charge in [0.15, 0.2) is 0 Å². The van der Waals surface area contributed by atoms with Gasteiger partial charge in [-0.15, -0.1) is 0 Å². The second kappa shape index (κ2) is 8.22. The summed E-state index contributed by atoms with van der Waals surface area (Å²) in [5.41, 5.74) is 2.35. The third-order valence-corrected chi connectivity index (χ3v) is 5.99. The molecule has 6 nitrogen and oxygen atoms in total. The molecule has 2 aromatic carbocycles. The predicted molar refractivity (Wildman–Crippen MR) is 110 cm³/mol. The summed E-state index contributed by atoms with van der Waals surface area (Å²) in [5.74, 6) is -0.533. The van der Waals surface area contributed by atoms with E-state index in [2.05, 4.69) is 4.72 Å². The maximum absolute atomic E-state index is 13.2. The monoisotopic (exact) mass is 402 g/mol. The van der Waals surface area contributed by atoms with E-state index in [0.29, 0.717) is 11.4 Å². The molecule has 0 aromatic heterocycles. The normalized spacial score (nSPS) is 14.4. The minimum absolute atomic E-state index is 0.0909. The first-order chi connectivity index (χ1) is 13.3. The molecule has 3 rings (SSSR count). The van der Waals surface area contributed by atoms with Gasteiger partial charge in [0.25, 0.3) is 10.0 Å². The number of rotatable bonds is 6. The Morgan fingerprint density at radius 1 is 1.07 bits per heavy atom. The first-order valence-electron chi connectivity index (χ1n) is 9.46. The Hall–Kier alpha value is -2.54. The van der Waals surface area contributed by atoms with Crippen molar-refractivity contribution in [3.05, 3.63) is 53.6 Å². The van der Waals surface area contributed by atoms with Crippen LogP contribution in [-0.4, -0.2) is 33.6 Å². The number of hydrogen-bond donors (Lipinski definition) is 1. The van der Waals surface area contributed by atoms with Gasteiger partial charge in [0.05, 0.1) is 17.4 Å². The van der Waals surface area contributed by atoms with E-state index in [1.807, 2.05) is 24.0 Å². The van der Waals surface area contributed by atoms with Gasteiger partial charge < -0.3 is 9.64 Å². The molecule has 0 aliphatic carbocycles. The fourth-order valence-electron chi connectivity index (χ4n) is 3.19. The zero-order chi connectivity index (χ0) is 20.3. The fourth-order valence-corrected chi connectivity index (χ4v) is 4.50. The Balaban J connectivity index is 2.01. The molecule has 28 heavy (non-hydrogen) atoms. The summed E-state index contributed by atoms with van der Waals surface area (Å²) in [4.78, 5) is 14.4. The van der Waals surface area contributed by atoms with Crippen molar-refractivity contribution >= 4 is 27.4 Å². The fraction of sp³-hybridized carbons (Fsp3) is 0.381. The van der Waals surface area contributed by atoms with Gasteiger partial charge in [0.2, 0.25) is 0 Å². The highest BCUT2D eigenvalue weighted by molar-refractivity contribution is 7.92. The second-order valence-electron chi connectivity index (χ2n) is 7.30. The first-order valence-corrected chi connectivity index (χ1v) is 10.9. The maximum atomic E-state index is 13.2. The van der Waals surface area contributed by atoms with Gasteiger partial charge >= 0.3 is 5.97 Å². The average Bonchev–Trinajstić information content (AvgIpc) is 3.17. The highest BCUT2D eigenvalue weighted by atomic mass is 32.2. The zero-order valence-corrected chi connectivity index (χ0v) is 17.3. The summed E-state index contributed by atoms with van der Waals surface area (Å²) in [7, 11) is -3.88. The largest absolute Gasteiger partial charge is 0.459 e. The molecule has 2 aromatic rings. The molecule has 0 unspecified atom stereocenters. The molecule has 1 aliphatic rings. The van der Waals surface area contributed by atoms with E-state index in [1.165, 1.54) is 6.07 Å². The van der Waals surface area contributed by atoms with Gasteiger partial charge in [-0.3, -0.25) is 4.72 Å². The van der Waals surface area contributed by atoms with Crippen LogP contribution in [0.1, 0.15) is 42.6 Å². The van der Waals surface area contributed by atoms with Crippen LogP contribution in [0.25, 0.3) is 0 Å². The van der Waals surface area contributed by atoms with Gasteiger partial charge in [-0.2, -0.15) is 0 Å². The number of hydrogen-bond acceptors (Lipinski definition) is 5. The van der Waals surface area contributed by atoms with E-state index in [1.54, 1.807) is 38.1 Å². The summed E-state index contributed by atoms with van der Waals surface area (Å²) in [5, 5.41) is 0. The first kappa shape index (κ1) is 20.2. The number of nitrogens with one attached hydrogen (secondary N) is 1. The van der Waals surface area contributed by atoms with Crippen molar-refractivity contribution < 1.29 is 17.9 Å². The van der Waals surface area contributed by atoms with Crippen LogP contribution in [0.3, 0.4) is 0 Å². The van der Waals surface area contributed by atoms with Crippen molar-refractivity contribution in [2.75, 3.05) is 22.7 Å². The summed E-state index contributed by atoms with van der Waals surface area (Å²) < 4.78 is 34.2. The number of carbonyl (C=O) groups is 1. The Morgan fingerprint density at radius 2 is 1.71 bits per heavy atom. The number of anilines is 2. The summed E-state index contributed by atoms with van der Waals surface area (Å²) in [6.07, 6.45) is 1.75. The van der Waals surface area contributed by atoms with Crippen LogP contribution in [0.4, 0.5) is 11.4 Å². The minimum atomic E-state index is -3.88. The van der Waals surface area contributed by atoms with Crippen molar-refractivity contribution in [1.29, 1.82) is 0 Å². The quantitative estimate of drug-likeness (QED) is 0.740. The number of ether oxygens (including phenoxy) is 1. The summed E-state index contributed by atoms with van der Waals surface area (Å²) >= 11 is 0. The van der Waals surface area contributed by atoms with Crippen molar-refractivity contribution in [3.63, 3.8) is 0 Å². The van der Waals surface area contributed by atoms with E-state index >= 15 is 0 Å². The SMILES string of the molecule is Cc1ccc(NS(=O)(=O)c2cc(C(=O)OC(C)C)ccc2N2CCCC2)cc1. The predicted octanol–water partition coefficient (Wildman–Crippen LogP) is 3.96. The van der Waals surface area contributed by atoms with Gasteiger partial charge in [-0.1, -0.05) is 17.7 Å². The number of aryl methyl sites for hydroxylation is 1. The third kappa shape index (κ3) is 4.65. The molecule has 1 saturated heterocycles. The standard InChI is InChI=1S/C21H26N2O4S/c1-15(2)27-21(24)17-8-11-19(23-12-4-5-13-23)20(14-17)28(25,26)22-18-9-6-16(3)7-10-18/h6-11,14-15,22H,4-5,12-13H2,1-3H3. The van der Waals surface area contributed by atoms with Crippen LogP contribution in [0.15, 0.2) is 47.4 Å². The molecule has 0 saturated carbocycles. The summed E-state index contributed by atoms with van der Waals surface area (Å²) in [6.45, 7) is 7.04. The van der Waals surface area contributed by atoms with Crippen LogP contribution in [0, 0.1) is 6.92 Å². The van der Waals surface area contributed by atoms with Crippen molar-refractivity contribution in [1.82, 2.24) is 0 Å². The lowest BCUT2D eigenvalue weighted by atomic mass is 10.2. The maximum Gasteiger partial charge on any atom is 0.338 e. The highest BCUT2D eigenvalue weighted by Gasteiger charge is 2.26. The molecular weight excluding hydrogens is 376 g/mol. The lowest BCUT2D eigenvalue weighted by Gasteiger charge is -2.22. The number of benzene rings is 2. The number of carbonyl (C=O) groups excluding carboxylic acids is 1. The molecule has 1 heterocycles. The molecule has 0 spiro atoms. The van der Waals surface area contributed by atoms with Gasteiger partial charge in [-0.25, -0.2) is 13.2 Å². The Labute approximate surface area is 166 Å². The molecule has 0 radical (unpaired) electrons. The molecule has 0 amide bonds. The van der Waals surface area contributed by atoms with Crippen LogP contribution in [0.2, 0.25) is 0 Å². The van der Waals surface area contributed by atoms with E-state index in [9.17, 15) is 13.2 Å². The molecule has 1 aliphatic heterocycles. The highest BCUT2D eigenvalue weighted by Crippen LogP contribution is 2.31. The smallest absolute Gasteiger partial charge is 0.338 e. The zero-order valence-electron chi connectivity index (χ0n) is 16.4. The Morgan fingerprint density at radius 3 is 2.32 bits per heavy atom. The van der Waals surface area contributed by atoms with E-state index in [-0.39, 0.29) is 16.6 Å².